The molecule has 26 heavy (non-hydrogen) atoms. The smallest absolute Gasteiger partial charge is 0.121 e. The van der Waals surface area contributed by atoms with Crippen molar-refractivity contribution in [1.29, 1.82) is 0 Å². The number of nitrogens with zero attached hydrogens (tertiary/aromatic N) is 2. The molecule has 0 aliphatic carbocycles. The van der Waals surface area contributed by atoms with E-state index in [0.29, 0.717) is 0 Å². The molecule has 0 unspecified atom stereocenters. The van der Waals surface area contributed by atoms with Crippen molar-refractivity contribution in [3.8, 4) is 0 Å². The summed E-state index contributed by atoms with van der Waals surface area (Å²) in [7, 11) is 0. The number of allylic oxidation sites excluding steroid dienone is 7. The van der Waals surface area contributed by atoms with E-state index in [2.05, 4.69) is 47.8 Å². The molecular formula is C22H31N3S. The lowest BCUT2D eigenvalue weighted by molar-refractivity contribution is 0.968. The first-order valence-corrected chi connectivity index (χ1v) is 9.86. The largest absolute Gasteiger partial charge is 0.344 e. The van der Waals surface area contributed by atoms with Crippen LogP contribution in [0.4, 0.5) is 5.00 Å². The maximum Gasteiger partial charge on any atom is 0.121 e. The summed E-state index contributed by atoms with van der Waals surface area (Å²) < 4.78 is 4.37. The zero-order chi connectivity index (χ0) is 19.5. The molecule has 0 amide bonds. The number of aliphatic imine (C=N–C) groups is 1. The van der Waals surface area contributed by atoms with Gasteiger partial charge >= 0.3 is 0 Å². The predicted molar refractivity (Wildman–Crippen MR) is 119 cm³/mol. The number of rotatable bonds is 10. The molecule has 0 aliphatic rings. The molecule has 4 heteroatoms. The molecule has 140 valence electrons. The van der Waals surface area contributed by atoms with Crippen LogP contribution >= 0.6 is 11.5 Å². The Morgan fingerprint density at radius 3 is 2.65 bits per heavy atom. The van der Waals surface area contributed by atoms with Gasteiger partial charge in [0.25, 0.3) is 0 Å². The fourth-order valence-electron chi connectivity index (χ4n) is 2.50. The Bertz CT molecular complexity index is 745. The second kappa shape index (κ2) is 11.4. The van der Waals surface area contributed by atoms with Crippen LogP contribution in [0.25, 0.3) is 5.57 Å². The van der Waals surface area contributed by atoms with E-state index in [4.69, 9.17) is 0 Å². The van der Waals surface area contributed by atoms with Crippen LogP contribution in [0.5, 0.6) is 0 Å². The molecule has 0 aliphatic heterocycles. The van der Waals surface area contributed by atoms with Gasteiger partial charge in [-0.25, -0.2) is 0 Å². The zero-order valence-electron chi connectivity index (χ0n) is 16.7. The van der Waals surface area contributed by atoms with Gasteiger partial charge in [0.05, 0.1) is 17.6 Å². The van der Waals surface area contributed by atoms with E-state index in [-0.39, 0.29) is 0 Å². The van der Waals surface area contributed by atoms with Crippen LogP contribution in [0.3, 0.4) is 0 Å². The SMILES string of the molecule is C=CC(=C\C)/C(C)=C/N=C(C)C(=C)Nc1sncc1/C(=C/CC)CCC. The first-order chi connectivity index (χ1) is 12.5. The Labute approximate surface area is 162 Å². The average molecular weight is 370 g/mol. The lowest BCUT2D eigenvalue weighted by Crippen LogP contribution is -2.07. The summed E-state index contributed by atoms with van der Waals surface area (Å²) >= 11 is 1.46. The summed E-state index contributed by atoms with van der Waals surface area (Å²) in [5.74, 6) is 0. The fourth-order valence-corrected chi connectivity index (χ4v) is 3.22. The molecule has 0 saturated heterocycles. The van der Waals surface area contributed by atoms with Crippen LogP contribution in [-0.4, -0.2) is 10.1 Å². The third-order valence-corrected chi connectivity index (χ3v) is 4.74. The molecule has 1 heterocycles. The van der Waals surface area contributed by atoms with Gasteiger partial charge < -0.3 is 5.32 Å². The van der Waals surface area contributed by atoms with E-state index in [9.17, 15) is 0 Å². The molecule has 1 aromatic heterocycles. The number of aromatic nitrogens is 1. The Morgan fingerprint density at radius 1 is 1.35 bits per heavy atom. The average Bonchev–Trinajstić information content (AvgIpc) is 3.08. The highest BCUT2D eigenvalue weighted by molar-refractivity contribution is 7.10. The quantitative estimate of drug-likeness (QED) is 0.351. The van der Waals surface area contributed by atoms with Crippen molar-refractivity contribution in [3.05, 3.63) is 66.2 Å². The number of nitrogens with one attached hydrogen (secondary N) is 1. The molecule has 0 fully saturated rings. The molecule has 0 aromatic carbocycles. The van der Waals surface area contributed by atoms with E-state index >= 15 is 0 Å². The maximum absolute atomic E-state index is 4.54. The van der Waals surface area contributed by atoms with Crippen molar-refractivity contribution < 1.29 is 0 Å². The topological polar surface area (TPSA) is 37.3 Å². The molecule has 1 aromatic rings. The Balaban J connectivity index is 2.97. The summed E-state index contributed by atoms with van der Waals surface area (Å²) in [4.78, 5) is 4.54. The van der Waals surface area contributed by atoms with Crippen molar-refractivity contribution in [2.24, 2.45) is 4.99 Å². The van der Waals surface area contributed by atoms with Gasteiger partial charge in [-0.2, -0.15) is 4.37 Å². The molecular weight excluding hydrogens is 338 g/mol. The Kier molecular flexibility index (Phi) is 9.60. The second-order valence-corrected chi connectivity index (χ2v) is 6.84. The summed E-state index contributed by atoms with van der Waals surface area (Å²) in [6, 6.07) is 0. The Morgan fingerprint density at radius 2 is 2.08 bits per heavy atom. The van der Waals surface area contributed by atoms with Crippen LogP contribution in [0, 0.1) is 0 Å². The van der Waals surface area contributed by atoms with Crippen LogP contribution in [0.2, 0.25) is 0 Å². The molecule has 0 spiro atoms. The van der Waals surface area contributed by atoms with Gasteiger partial charge in [0.2, 0.25) is 0 Å². The van der Waals surface area contributed by atoms with E-state index in [1.165, 1.54) is 22.7 Å². The third kappa shape index (κ3) is 6.26. The van der Waals surface area contributed by atoms with Gasteiger partial charge in [-0.05, 0) is 61.9 Å². The zero-order valence-corrected chi connectivity index (χ0v) is 17.5. The molecule has 1 N–H and O–H groups in total. The maximum atomic E-state index is 4.54. The minimum Gasteiger partial charge on any atom is -0.344 e. The summed E-state index contributed by atoms with van der Waals surface area (Å²) in [5.41, 5.74) is 6.30. The molecule has 0 saturated carbocycles. The van der Waals surface area contributed by atoms with E-state index in [0.717, 1.165) is 46.8 Å². The summed E-state index contributed by atoms with van der Waals surface area (Å²) in [6.07, 6.45) is 13.1. The van der Waals surface area contributed by atoms with Crippen molar-refractivity contribution in [1.82, 2.24) is 4.37 Å². The Hall–Kier alpha value is -2.20. The molecule has 0 radical (unpaired) electrons. The lowest BCUT2D eigenvalue weighted by atomic mass is 10.0. The minimum atomic E-state index is 0.785. The molecule has 3 nitrogen and oxygen atoms in total. The number of hydrogen-bond donors (Lipinski definition) is 1. The number of hydrogen-bond acceptors (Lipinski definition) is 4. The summed E-state index contributed by atoms with van der Waals surface area (Å²) in [5, 5.41) is 4.42. The van der Waals surface area contributed by atoms with Crippen molar-refractivity contribution in [2.75, 3.05) is 5.32 Å². The minimum absolute atomic E-state index is 0.785. The van der Waals surface area contributed by atoms with Gasteiger partial charge in [-0.3, -0.25) is 4.99 Å². The highest BCUT2D eigenvalue weighted by Gasteiger charge is 2.11. The van der Waals surface area contributed by atoms with E-state index in [1.54, 1.807) is 0 Å². The lowest BCUT2D eigenvalue weighted by Gasteiger charge is -2.11. The first kappa shape index (κ1) is 21.8. The van der Waals surface area contributed by atoms with Crippen molar-refractivity contribution in [2.45, 2.75) is 53.9 Å². The van der Waals surface area contributed by atoms with Gasteiger partial charge in [0.15, 0.2) is 0 Å². The molecule has 0 atom stereocenters. The van der Waals surface area contributed by atoms with Gasteiger partial charge in [0.1, 0.15) is 5.00 Å². The van der Waals surface area contributed by atoms with Crippen LogP contribution in [-0.2, 0) is 0 Å². The van der Waals surface area contributed by atoms with Crippen LogP contribution in [0.1, 0.15) is 59.4 Å². The first-order valence-electron chi connectivity index (χ1n) is 9.09. The third-order valence-electron chi connectivity index (χ3n) is 4.03. The molecule has 1 rings (SSSR count). The van der Waals surface area contributed by atoms with Crippen molar-refractivity contribution in [3.63, 3.8) is 0 Å². The molecule has 0 bridgehead atoms. The van der Waals surface area contributed by atoms with Gasteiger partial charge in [-0.15, -0.1) is 0 Å². The summed E-state index contributed by atoms with van der Waals surface area (Å²) in [6.45, 7) is 18.3. The number of anilines is 1. The van der Waals surface area contributed by atoms with Gasteiger partial charge in [0, 0.05) is 11.8 Å². The normalized spacial score (nSPS) is 13.7. The van der Waals surface area contributed by atoms with Crippen LogP contribution < -0.4 is 5.32 Å². The predicted octanol–water partition coefficient (Wildman–Crippen LogP) is 7.16. The standard InChI is InChI=1S/C22H31N3S/c1-8-12-20(13-9-2)21-15-24-26-22(21)25-18(7)17(6)23-14-16(5)19(10-3)11-4/h10-12,14-15,25H,3,7-9,13H2,1-2,4-6H3/b16-14+,19-11+,20-12+,23-17?. The monoisotopic (exact) mass is 369 g/mol. The van der Waals surface area contributed by atoms with E-state index in [1.807, 2.05) is 45.3 Å². The highest BCUT2D eigenvalue weighted by Crippen LogP contribution is 2.31. The second-order valence-electron chi connectivity index (χ2n) is 6.03. The van der Waals surface area contributed by atoms with Crippen LogP contribution in [0.15, 0.2) is 65.6 Å². The highest BCUT2D eigenvalue weighted by atomic mass is 32.1. The van der Waals surface area contributed by atoms with Gasteiger partial charge in [-0.1, -0.05) is 51.7 Å². The van der Waals surface area contributed by atoms with Crippen molar-refractivity contribution >= 4 is 27.8 Å². The van der Waals surface area contributed by atoms with E-state index < -0.39 is 0 Å². The fraction of sp³-hybridized carbons (Fsp3) is 0.364.